The van der Waals surface area contributed by atoms with Crippen molar-refractivity contribution < 1.29 is 29.6 Å². The van der Waals surface area contributed by atoms with E-state index in [0.717, 1.165) is 0 Å². The standard InChI is InChI=1S/C11H19BrN2O6/c1-5-6(4-15)20-11(10(19)9(5)18)14-8(17)3-13-7(16)2-12/h5-6,9-11,15,18-19H,2-4H2,1H3,(H,13,16)(H,14,17)/t5-,6?,9-,10?,11+/m0/s1. The summed E-state index contributed by atoms with van der Waals surface area (Å²) in [6, 6.07) is 0. The number of carbonyl (C=O) groups excluding carboxylic acids is 2. The number of halogens is 1. The average Bonchev–Trinajstić information content (AvgIpc) is 2.45. The fourth-order valence-corrected chi connectivity index (χ4v) is 2.07. The molecule has 0 bridgehead atoms. The Bertz CT molecular complexity index is 354. The van der Waals surface area contributed by atoms with E-state index in [1.807, 2.05) is 0 Å². The Morgan fingerprint density at radius 3 is 2.45 bits per heavy atom. The Labute approximate surface area is 124 Å². The van der Waals surface area contributed by atoms with Gasteiger partial charge in [0.2, 0.25) is 11.8 Å². The molecule has 9 heteroatoms. The third kappa shape index (κ3) is 4.38. The van der Waals surface area contributed by atoms with E-state index in [0.29, 0.717) is 0 Å². The zero-order valence-corrected chi connectivity index (χ0v) is 12.5. The van der Waals surface area contributed by atoms with E-state index < -0.39 is 36.4 Å². The normalized spacial score (nSPS) is 33.5. The van der Waals surface area contributed by atoms with Gasteiger partial charge in [0.25, 0.3) is 0 Å². The first kappa shape index (κ1) is 17.3. The van der Waals surface area contributed by atoms with Gasteiger partial charge < -0.3 is 30.7 Å². The van der Waals surface area contributed by atoms with Crippen molar-refractivity contribution in [2.75, 3.05) is 18.5 Å². The highest BCUT2D eigenvalue weighted by molar-refractivity contribution is 9.09. The molecule has 0 radical (unpaired) electrons. The van der Waals surface area contributed by atoms with Gasteiger partial charge in [0, 0.05) is 5.92 Å². The van der Waals surface area contributed by atoms with Gasteiger partial charge in [-0.3, -0.25) is 9.59 Å². The van der Waals surface area contributed by atoms with Crippen molar-refractivity contribution in [3.63, 3.8) is 0 Å². The summed E-state index contributed by atoms with van der Waals surface area (Å²) in [7, 11) is 0. The highest BCUT2D eigenvalue weighted by Gasteiger charge is 2.42. The summed E-state index contributed by atoms with van der Waals surface area (Å²) >= 11 is 2.94. The third-order valence-corrected chi connectivity index (χ3v) is 3.67. The zero-order valence-electron chi connectivity index (χ0n) is 11.0. The highest BCUT2D eigenvalue weighted by atomic mass is 79.9. The fourth-order valence-electron chi connectivity index (χ4n) is 1.87. The van der Waals surface area contributed by atoms with Crippen molar-refractivity contribution in [2.45, 2.75) is 31.5 Å². The van der Waals surface area contributed by atoms with E-state index in [9.17, 15) is 19.8 Å². The average molecular weight is 355 g/mol. The Kier molecular flexibility index (Phi) is 6.83. The predicted octanol–water partition coefficient (Wildman–Crippen LogP) is -2.31. The summed E-state index contributed by atoms with van der Waals surface area (Å²) in [6.45, 7) is 1.02. The van der Waals surface area contributed by atoms with Crippen molar-refractivity contribution in [2.24, 2.45) is 5.92 Å². The molecule has 20 heavy (non-hydrogen) atoms. The number of aliphatic hydroxyl groups excluding tert-OH is 3. The SMILES string of the molecule is C[C@H]1C(CO)O[C@@H](NC(=O)CNC(=O)CBr)C(O)[C@H]1O. The molecule has 1 saturated heterocycles. The van der Waals surface area contributed by atoms with Gasteiger partial charge in [-0.25, -0.2) is 0 Å². The molecule has 0 saturated carbocycles. The van der Waals surface area contributed by atoms with Crippen molar-refractivity contribution >= 4 is 27.7 Å². The Morgan fingerprint density at radius 2 is 1.90 bits per heavy atom. The Hall–Kier alpha value is -0.740. The number of amides is 2. The van der Waals surface area contributed by atoms with Crippen molar-refractivity contribution in [3.8, 4) is 0 Å². The lowest BCUT2D eigenvalue weighted by atomic mass is 9.90. The van der Waals surface area contributed by atoms with Crippen molar-refractivity contribution in [1.82, 2.24) is 10.6 Å². The number of rotatable bonds is 5. The van der Waals surface area contributed by atoms with E-state index in [2.05, 4.69) is 26.6 Å². The van der Waals surface area contributed by atoms with Crippen LogP contribution in [0.1, 0.15) is 6.92 Å². The van der Waals surface area contributed by atoms with Crippen LogP contribution in [-0.4, -0.2) is 70.2 Å². The molecule has 1 aliphatic rings. The number of aliphatic hydroxyl groups is 3. The van der Waals surface area contributed by atoms with Gasteiger partial charge in [0.15, 0.2) is 6.23 Å². The van der Waals surface area contributed by atoms with Gasteiger partial charge in [-0.15, -0.1) is 0 Å². The molecule has 2 unspecified atom stereocenters. The van der Waals surface area contributed by atoms with Crippen LogP contribution in [0.3, 0.4) is 0 Å². The van der Waals surface area contributed by atoms with Crippen LogP contribution in [0, 0.1) is 5.92 Å². The predicted molar refractivity (Wildman–Crippen MR) is 71.9 cm³/mol. The maximum atomic E-state index is 11.6. The number of hydrogen-bond acceptors (Lipinski definition) is 6. The molecule has 0 aromatic carbocycles. The molecule has 0 spiro atoms. The molecule has 2 amide bonds. The summed E-state index contributed by atoms with van der Waals surface area (Å²) < 4.78 is 5.32. The summed E-state index contributed by atoms with van der Waals surface area (Å²) in [5.74, 6) is -1.38. The molecule has 5 N–H and O–H groups in total. The smallest absolute Gasteiger partial charge is 0.241 e. The highest BCUT2D eigenvalue weighted by Crippen LogP contribution is 2.24. The second-order valence-corrected chi connectivity index (χ2v) is 5.16. The Balaban J connectivity index is 2.53. The van der Waals surface area contributed by atoms with Crippen molar-refractivity contribution in [1.29, 1.82) is 0 Å². The number of nitrogens with one attached hydrogen (secondary N) is 2. The monoisotopic (exact) mass is 354 g/mol. The Morgan fingerprint density at radius 1 is 1.25 bits per heavy atom. The molecule has 0 aromatic rings. The van der Waals surface area contributed by atoms with Gasteiger partial charge >= 0.3 is 0 Å². The maximum Gasteiger partial charge on any atom is 0.241 e. The van der Waals surface area contributed by atoms with Crippen LogP contribution in [-0.2, 0) is 14.3 Å². The number of alkyl halides is 1. The number of hydrogen-bond donors (Lipinski definition) is 5. The van der Waals surface area contributed by atoms with Gasteiger partial charge in [0.05, 0.1) is 30.7 Å². The molecule has 116 valence electrons. The molecule has 0 aromatic heterocycles. The van der Waals surface area contributed by atoms with Crippen LogP contribution >= 0.6 is 15.9 Å². The van der Waals surface area contributed by atoms with E-state index in [1.54, 1.807) is 6.92 Å². The molecule has 1 rings (SSSR count). The number of carbonyl (C=O) groups is 2. The number of ether oxygens (including phenoxy) is 1. The largest absolute Gasteiger partial charge is 0.394 e. The van der Waals surface area contributed by atoms with Crippen LogP contribution < -0.4 is 10.6 Å². The van der Waals surface area contributed by atoms with E-state index >= 15 is 0 Å². The molecule has 0 aliphatic carbocycles. The molecule has 5 atom stereocenters. The fraction of sp³-hybridized carbons (Fsp3) is 0.818. The molecular weight excluding hydrogens is 336 g/mol. The summed E-state index contributed by atoms with van der Waals surface area (Å²) in [6.07, 6.45) is -4.24. The lowest BCUT2D eigenvalue weighted by molar-refractivity contribution is -0.213. The topological polar surface area (TPSA) is 128 Å². The van der Waals surface area contributed by atoms with Crippen LogP contribution in [0.15, 0.2) is 0 Å². The van der Waals surface area contributed by atoms with Crippen LogP contribution in [0.4, 0.5) is 0 Å². The second-order valence-electron chi connectivity index (χ2n) is 4.60. The van der Waals surface area contributed by atoms with E-state index in [-0.39, 0.29) is 24.4 Å². The first-order valence-corrected chi connectivity index (χ1v) is 7.27. The molecule has 1 fully saturated rings. The van der Waals surface area contributed by atoms with Crippen LogP contribution in [0.5, 0.6) is 0 Å². The van der Waals surface area contributed by atoms with Crippen molar-refractivity contribution in [3.05, 3.63) is 0 Å². The van der Waals surface area contributed by atoms with Gasteiger partial charge in [-0.05, 0) is 0 Å². The molecule has 8 nitrogen and oxygen atoms in total. The molecular formula is C11H19BrN2O6. The first-order valence-electron chi connectivity index (χ1n) is 6.15. The van der Waals surface area contributed by atoms with E-state index in [4.69, 9.17) is 9.84 Å². The van der Waals surface area contributed by atoms with Gasteiger partial charge in [-0.2, -0.15) is 0 Å². The second kappa shape index (κ2) is 7.89. The van der Waals surface area contributed by atoms with Gasteiger partial charge in [0.1, 0.15) is 6.10 Å². The third-order valence-electron chi connectivity index (χ3n) is 3.16. The molecule has 1 aliphatic heterocycles. The first-order chi connectivity index (χ1) is 9.40. The summed E-state index contributed by atoms with van der Waals surface area (Å²) in [5, 5.41) is 33.5. The minimum atomic E-state index is -1.30. The lowest BCUT2D eigenvalue weighted by Crippen LogP contribution is -2.61. The van der Waals surface area contributed by atoms with E-state index in [1.165, 1.54) is 0 Å². The summed E-state index contributed by atoms with van der Waals surface area (Å²) in [5.41, 5.74) is 0. The van der Waals surface area contributed by atoms with Gasteiger partial charge in [-0.1, -0.05) is 22.9 Å². The zero-order chi connectivity index (χ0) is 15.3. The van der Waals surface area contributed by atoms with Crippen LogP contribution in [0.25, 0.3) is 0 Å². The minimum Gasteiger partial charge on any atom is -0.394 e. The maximum absolute atomic E-state index is 11.6. The molecule has 1 heterocycles. The van der Waals surface area contributed by atoms with Crippen LogP contribution in [0.2, 0.25) is 0 Å². The minimum absolute atomic E-state index is 0.0750. The summed E-state index contributed by atoms with van der Waals surface area (Å²) in [4.78, 5) is 22.6. The quantitative estimate of drug-likeness (QED) is 0.353. The lowest BCUT2D eigenvalue weighted by Gasteiger charge is -2.41.